The van der Waals surface area contributed by atoms with Gasteiger partial charge in [0.25, 0.3) is 5.91 Å². The summed E-state index contributed by atoms with van der Waals surface area (Å²) >= 11 is 0. The van der Waals surface area contributed by atoms with Gasteiger partial charge in [0.15, 0.2) is 28.8 Å². The third kappa shape index (κ3) is 9.09. The van der Waals surface area contributed by atoms with Crippen LogP contribution in [0.2, 0.25) is 0 Å². The van der Waals surface area contributed by atoms with Crippen molar-refractivity contribution in [2.45, 2.75) is 69.7 Å². The van der Waals surface area contributed by atoms with Crippen LogP contribution in [0.25, 0.3) is 0 Å². The topological polar surface area (TPSA) is 135 Å². The van der Waals surface area contributed by atoms with Crippen molar-refractivity contribution in [3.8, 4) is 23.0 Å². The Balaban J connectivity index is 1.23. The van der Waals surface area contributed by atoms with Crippen molar-refractivity contribution in [3.05, 3.63) is 93.7 Å². The lowest BCUT2D eigenvalue weighted by atomic mass is 9.72. The highest BCUT2D eigenvalue weighted by Gasteiger charge is 2.43. The maximum atomic E-state index is 15.2. The second kappa shape index (κ2) is 19.7. The summed E-state index contributed by atoms with van der Waals surface area (Å²) in [6, 6.07) is 15.6. The molecule has 4 heterocycles. The van der Waals surface area contributed by atoms with E-state index in [9.17, 15) is 4.79 Å². The van der Waals surface area contributed by atoms with Gasteiger partial charge in [0.1, 0.15) is 0 Å². The fraction of sp³-hybridized carbons (Fsp3) is 0.532. The molecule has 0 saturated carbocycles. The Kier molecular flexibility index (Phi) is 14.2. The Morgan fingerprint density at radius 2 is 1.43 bits per heavy atom. The Morgan fingerprint density at radius 3 is 2.08 bits per heavy atom. The van der Waals surface area contributed by atoms with Gasteiger partial charge in [-0.2, -0.15) is 0 Å². The Morgan fingerprint density at radius 1 is 0.783 bits per heavy atom. The lowest BCUT2D eigenvalue weighted by molar-refractivity contribution is -0.158. The van der Waals surface area contributed by atoms with Crippen molar-refractivity contribution >= 4 is 11.9 Å². The fourth-order valence-electron chi connectivity index (χ4n) is 9.74. The van der Waals surface area contributed by atoms with Gasteiger partial charge in [-0.3, -0.25) is 9.69 Å². The molecular formula is C47H60N2O11. The molecule has 4 aliphatic rings. The van der Waals surface area contributed by atoms with Crippen molar-refractivity contribution in [1.29, 1.82) is 0 Å². The van der Waals surface area contributed by atoms with Crippen LogP contribution in [0.5, 0.6) is 23.0 Å². The molecule has 0 bridgehead atoms. The lowest BCUT2D eigenvalue weighted by Crippen LogP contribution is -2.48. The SMILES string of the molecule is CC[C@H]1CN2CCc3cc(OC)c(OC)cc3[C@@H]2C[C@@H]1C[C@@H]1c2cc(OC)c(OC)cc2CCN1C(=O)C1=C[C@@H](c2ccc(C(=O)OC)cc2)C[C@@H](OCCOCCO)O1. The maximum absolute atomic E-state index is 15.2. The van der Waals surface area contributed by atoms with Crippen LogP contribution in [0.3, 0.4) is 0 Å². The Bertz CT molecular complexity index is 2000. The average molecular weight is 829 g/mol. The first-order chi connectivity index (χ1) is 29.2. The molecule has 0 spiro atoms. The molecule has 324 valence electrons. The summed E-state index contributed by atoms with van der Waals surface area (Å²) < 4.78 is 46.0. The highest BCUT2D eigenvalue weighted by molar-refractivity contribution is 5.92. The number of carbonyl (C=O) groups is 2. The fourth-order valence-corrected chi connectivity index (χ4v) is 9.74. The zero-order valence-corrected chi connectivity index (χ0v) is 35.8. The number of aliphatic hydroxyl groups is 1. The Labute approximate surface area is 353 Å². The largest absolute Gasteiger partial charge is 0.493 e. The van der Waals surface area contributed by atoms with Crippen molar-refractivity contribution in [2.75, 3.05) is 81.6 Å². The third-order valence-electron chi connectivity index (χ3n) is 12.9. The number of rotatable bonds is 16. The van der Waals surface area contributed by atoms with E-state index in [2.05, 4.69) is 36.1 Å². The summed E-state index contributed by atoms with van der Waals surface area (Å²) in [5.74, 6) is 2.88. The summed E-state index contributed by atoms with van der Waals surface area (Å²) in [6.07, 6.45) is 5.94. The molecule has 1 N–H and O–H groups in total. The predicted octanol–water partition coefficient (Wildman–Crippen LogP) is 6.41. The van der Waals surface area contributed by atoms with Gasteiger partial charge >= 0.3 is 5.97 Å². The first kappa shape index (κ1) is 43.3. The molecule has 60 heavy (non-hydrogen) atoms. The monoisotopic (exact) mass is 828 g/mol. The summed E-state index contributed by atoms with van der Waals surface area (Å²) in [5, 5.41) is 9.17. The standard InChI is InChI=1S/C47H60N2O11/c1-7-29-28-48-14-12-32-22-40(53-2)42(55-4)26-36(32)38(48)20-34(29)21-39-37-27-43(56-5)41(54-3)23-33(37)13-15-49(39)46(51)44-24-35(25-45(60-44)59-19-18-58-17-16-50)30-8-10-31(11-9-30)47(52)57-6/h8-11,22-24,26-27,29,34-35,38-39,45,50H,7,12-21,25,28H2,1-6H3/t29-,34+,35+,38-,39+,45-/m0/s1. The average Bonchev–Trinajstić information content (AvgIpc) is 3.29. The van der Waals surface area contributed by atoms with E-state index < -0.39 is 12.3 Å². The minimum absolute atomic E-state index is 0.0835. The van der Waals surface area contributed by atoms with Gasteiger partial charge in [0, 0.05) is 38.0 Å². The molecule has 13 heteroatoms. The van der Waals surface area contributed by atoms with Crippen molar-refractivity contribution in [1.82, 2.24) is 9.80 Å². The molecule has 3 aromatic rings. The van der Waals surface area contributed by atoms with Crippen LogP contribution in [0.4, 0.5) is 0 Å². The third-order valence-corrected chi connectivity index (χ3v) is 12.9. The second-order valence-corrected chi connectivity index (χ2v) is 16.0. The van der Waals surface area contributed by atoms with E-state index in [-0.39, 0.29) is 56.1 Å². The summed E-state index contributed by atoms with van der Waals surface area (Å²) in [6.45, 7) is 5.35. The minimum atomic E-state index is -0.729. The number of amides is 1. The van der Waals surface area contributed by atoms with Gasteiger partial charge in [-0.15, -0.1) is 0 Å². The van der Waals surface area contributed by atoms with Crippen LogP contribution in [0.1, 0.15) is 88.8 Å². The minimum Gasteiger partial charge on any atom is -0.493 e. The molecule has 0 aromatic heterocycles. The predicted molar refractivity (Wildman–Crippen MR) is 224 cm³/mol. The normalized spacial score (nSPS) is 23.6. The molecule has 0 unspecified atom stereocenters. The number of aliphatic hydroxyl groups excluding tert-OH is 1. The quantitative estimate of drug-likeness (QED) is 0.126. The number of piperidine rings is 1. The van der Waals surface area contributed by atoms with Crippen molar-refractivity contribution in [3.63, 3.8) is 0 Å². The van der Waals surface area contributed by atoms with Crippen LogP contribution < -0.4 is 18.9 Å². The van der Waals surface area contributed by atoms with Gasteiger partial charge in [-0.1, -0.05) is 25.5 Å². The number of fused-ring (bicyclic) bond motifs is 4. The van der Waals surface area contributed by atoms with Gasteiger partial charge in [-0.05, 0) is 108 Å². The van der Waals surface area contributed by atoms with E-state index in [4.69, 9.17) is 43.0 Å². The van der Waals surface area contributed by atoms with E-state index in [1.807, 2.05) is 23.1 Å². The van der Waals surface area contributed by atoms with Gasteiger partial charge in [0.05, 0.1) is 73.6 Å². The number of esters is 1. The number of hydrogen-bond acceptors (Lipinski definition) is 12. The van der Waals surface area contributed by atoms with E-state index in [0.717, 1.165) is 67.0 Å². The van der Waals surface area contributed by atoms with Gasteiger partial charge in [-0.25, -0.2) is 4.79 Å². The maximum Gasteiger partial charge on any atom is 0.337 e. The van der Waals surface area contributed by atoms with Crippen LogP contribution in [0, 0.1) is 11.8 Å². The number of carbonyl (C=O) groups excluding carboxylic acids is 2. The summed E-state index contributed by atoms with van der Waals surface area (Å²) in [5.41, 5.74) is 6.14. The molecular weight excluding hydrogens is 769 g/mol. The highest BCUT2D eigenvalue weighted by atomic mass is 16.7. The molecule has 1 saturated heterocycles. The van der Waals surface area contributed by atoms with E-state index in [0.29, 0.717) is 48.3 Å². The Hall–Kier alpha value is -4.82. The molecule has 1 fully saturated rings. The van der Waals surface area contributed by atoms with Crippen LogP contribution in [-0.4, -0.2) is 115 Å². The molecule has 6 atom stereocenters. The molecule has 7 rings (SSSR count). The number of nitrogens with zero attached hydrogens (tertiary/aromatic N) is 2. The van der Waals surface area contributed by atoms with E-state index >= 15 is 4.79 Å². The highest BCUT2D eigenvalue weighted by Crippen LogP contribution is 2.50. The molecule has 0 radical (unpaired) electrons. The summed E-state index contributed by atoms with van der Waals surface area (Å²) in [4.78, 5) is 32.0. The van der Waals surface area contributed by atoms with Crippen LogP contribution in [0.15, 0.2) is 60.4 Å². The molecule has 4 aliphatic heterocycles. The second-order valence-electron chi connectivity index (χ2n) is 16.0. The van der Waals surface area contributed by atoms with Crippen molar-refractivity contribution < 1.29 is 52.6 Å². The molecule has 3 aromatic carbocycles. The zero-order chi connectivity index (χ0) is 42.3. The number of methoxy groups -OCH3 is 5. The number of benzene rings is 3. The first-order valence-electron chi connectivity index (χ1n) is 21.1. The molecule has 1 amide bonds. The lowest BCUT2D eigenvalue weighted by Gasteiger charge is -2.49. The smallest absolute Gasteiger partial charge is 0.337 e. The van der Waals surface area contributed by atoms with Crippen molar-refractivity contribution in [2.24, 2.45) is 11.8 Å². The number of ether oxygens (including phenoxy) is 8. The van der Waals surface area contributed by atoms with Gasteiger partial charge < -0.3 is 47.9 Å². The molecule has 0 aliphatic carbocycles. The molecule has 13 nitrogen and oxygen atoms in total. The van der Waals surface area contributed by atoms with Gasteiger partial charge in [0.2, 0.25) is 6.29 Å². The van der Waals surface area contributed by atoms with E-state index in [1.165, 1.54) is 18.2 Å². The van der Waals surface area contributed by atoms with E-state index in [1.54, 1.807) is 40.6 Å². The summed E-state index contributed by atoms with van der Waals surface area (Å²) in [7, 11) is 8.02. The number of hydrogen-bond donors (Lipinski definition) is 1. The van der Waals surface area contributed by atoms with Crippen LogP contribution in [-0.2, 0) is 36.6 Å². The number of allylic oxidation sites excluding steroid dienone is 1. The zero-order valence-electron chi connectivity index (χ0n) is 35.8. The van der Waals surface area contributed by atoms with Crippen LogP contribution >= 0.6 is 0 Å². The first-order valence-corrected chi connectivity index (χ1v) is 21.1.